The normalized spacial score (nSPS) is 10.6. The molecule has 0 atom stereocenters. The third-order valence-electron chi connectivity index (χ3n) is 4.33. The molecule has 128 valence electrons. The van der Waals surface area contributed by atoms with E-state index in [2.05, 4.69) is 48.4 Å². The molecule has 0 aliphatic carbocycles. The first kappa shape index (κ1) is 17.4. The fourth-order valence-electron chi connectivity index (χ4n) is 2.72. The molecule has 3 aromatic rings. The third kappa shape index (κ3) is 4.54. The fraction of sp³-hybridized carbons (Fsp3) is 0.238. The number of nitrogens with zero attached hydrogens (tertiary/aromatic N) is 1. The standard InChI is InChI=1S/C21H22N2OS/c1-15-7-8-17(13-16(15)2)9-10-20(24)23-14-18-5-3-11-22-21(18)19-6-4-12-25-19/h3-8,11-13H,9-10,14H2,1-2H3,(H,23,24). The van der Waals surface area contributed by atoms with Crippen molar-refractivity contribution in [3.8, 4) is 10.6 Å². The molecule has 0 unspecified atom stereocenters. The molecule has 0 radical (unpaired) electrons. The van der Waals surface area contributed by atoms with Gasteiger partial charge in [-0.2, -0.15) is 0 Å². The molecule has 3 nitrogen and oxygen atoms in total. The number of carbonyl (C=O) groups is 1. The molecular weight excluding hydrogens is 328 g/mol. The molecule has 0 fully saturated rings. The van der Waals surface area contributed by atoms with Crippen molar-refractivity contribution in [1.29, 1.82) is 0 Å². The van der Waals surface area contributed by atoms with Crippen molar-refractivity contribution < 1.29 is 4.79 Å². The summed E-state index contributed by atoms with van der Waals surface area (Å²) in [7, 11) is 0. The molecule has 0 aliphatic heterocycles. The number of amides is 1. The summed E-state index contributed by atoms with van der Waals surface area (Å²) in [6.45, 7) is 4.71. The summed E-state index contributed by atoms with van der Waals surface area (Å²) in [5, 5.41) is 5.06. The fourth-order valence-corrected chi connectivity index (χ4v) is 3.47. The van der Waals surface area contributed by atoms with Gasteiger partial charge >= 0.3 is 0 Å². The van der Waals surface area contributed by atoms with Gasteiger partial charge in [0.2, 0.25) is 5.91 Å². The third-order valence-corrected chi connectivity index (χ3v) is 5.21. The van der Waals surface area contributed by atoms with Crippen molar-refractivity contribution in [2.45, 2.75) is 33.2 Å². The summed E-state index contributed by atoms with van der Waals surface area (Å²) < 4.78 is 0. The Balaban J connectivity index is 1.57. The lowest BCUT2D eigenvalue weighted by atomic mass is 10.0. The number of carbonyl (C=O) groups excluding carboxylic acids is 1. The molecule has 3 rings (SSSR count). The molecule has 0 saturated heterocycles. The highest BCUT2D eigenvalue weighted by Crippen LogP contribution is 2.25. The van der Waals surface area contributed by atoms with E-state index in [0.29, 0.717) is 13.0 Å². The highest BCUT2D eigenvalue weighted by molar-refractivity contribution is 7.13. The predicted molar refractivity (Wildman–Crippen MR) is 104 cm³/mol. The van der Waals surface area contributed by atoms with E-state index in [1.165, 1.54) is 16.7 Å². The number of benzene rings is 1. The maximum atomic E-state index is 12.2. The van der Waals surface area contributed by atoms with Gasteiger partial charge in [-0.1, -0.05) is 30.3 Å². The second-order valence-corrected chi connectivity index (χ2v) is 7.13. The molecule has 4 heteroatoms. The minimum absolute atomic E-state index is 0.0687. The van der Waals surface area contributed by atoms with Crippen molar-refractivity contribution in [3.05, 3.63) is 76.3 Å². The first-order valence-electron chi connectivity index (χ1n) is 8.44. The van der Waals surface area contributed by atoms with Crippen LogP contribution in [-0.2, 0) is 17.8 Å². The molecule has 2 aromatic heterocycles. The zero-order valence-electron chi connectivity index (χ0n) is 14.6. The van der Waals surface area contributed by atoms with E-state index < -0.39 is 0 Å². The Morgan fingerprint density at radius 3 is 2.76 bits per heavy atom. The quantitative estimate of drug-likeness (QED) is 0.701. The summed E-state index contributed by atoms with van der Waals surface area (Å²) in [5.41, 5.74) is 5.76. The van der Waals surface area contributed by atoms with E-state index >= 15 is 0 Å². The summed E-state index contributed by atoms with van der Waals surface area (Å²) in [5.74, 6) is 0.0687. The topological polar surface area (TPSA) is 42.0 Å². The van der Waals surface area contributed by atoms with Gasteiger partial charge in [-0.15, -0.1) is 11.3 Å². The van der Waals surface area contributed by atoms with Gasteiger partial charge in [-0.05, 0) is 60.0 Å². The maximum absolute atomic E-state index is 12.2. The Morgan fingerprint density at radius 2 is 2.00 bits per heavy atom. The van der Waals surface area contributed by atoms with Crippen LogP contribution in [-0.4, -0.2) is 10.9 Å². The van der Waals surface area contributed by atoms with Crippen LogP contribution < -0.4 is 5.32 Å². The Kier molecular flexibility index (Phi) is 5.61. The maximum Gasteiger partial charge on any atom is 0.220 e. The summed E-state index contributed by atoms with van der Waals surface area (Å²) in [4.78, 5) is 17.8. The number of hydrogen-bond acceptors (Lipinski definition) is 3. The number of pyridine rings is 1. The van der Waals surface area contributed by atoms with Crippen molar-refractivity contribution in [3.63, 3.8) is 0 Å². The largest absolute Gasteiger partial charge is 0.352 e. The zero-order chi connectivity index (χ0) is 17.6. The molecule has 0 bridgehead atoms. The lowest BCUT2D eigenvalue weighted by molar-refractivity contribution is -0.121. The highest BCUT2D eigenvalue weighted by Gasteiger charge is 2.09. The van der Waals surface area contributed by atoms with E-state index in [9.17, 15) is 4.79 Å². The number of hydrogen-bond donors (Lipinski definition) is 1. The average molecular weight is 350 g/mol. The van der Waals surface area contributed by atoms with E-state index in [0.717, 1.165) is 22.6 Å². The van der Waals surface area contributed by atoms with E-state index in [4.69, 9.17) is 0 Å². The molecule has 2 heterocycles. The Labute approximate surface area is 152 Å². The molecular formula is C21H22N2OS. The van der Waals surface area contributed by atoms with Gasteiger partial charge in [-0.3, -0.25) is 9.78 Å². The molecule has 1 aromatic carbocycles. The first-order chi connectivity index (χ1) is 12.1. The number of aromatic nitrogens is 1. The van der Waals surface area contributed by atoms with Crippen LogP contribution >= 0.6 is 11.3 Å². The van der Waals surface area contributed by atoms with Gasteiger partial charge in [0.05, 0.1) is 10.6 Å². The minimum Gasteiger partial charge on any atom is -0.352 e. The molecule has 0 spiro atoms. The van der Waals surface area contributed by atoms with Crippen LogP contribution in [0.25, 0.3) is 10.6 Å². The lowest BCUT2D eigenvalue weighted by Gasteiger charge is -2.09. The van der Waals surface area contributed by atoms with Gasteiger partial charge in [0.15, 0.2) is 0 Å². The van der Waals surface area contributed by atoms with Crippen molar-refractivity contribution >= 4 is 17.2 Å². The molecule has 0 aliphatic rings. The van der Waals surface area contributed by atoms with Gasteiger partial charge in [-0.25, -0.2) is 0 Å². The molecule has 1 amide bonds. The number of aryl methyl sites for hydroxylation is 3. The first-order valence-corrected chi connectivity index (χ1v) is 9.32. The smallest absolute Gasteiger partial charge is 0.220 e. The van der Waals surface area contributed by atoms with Gasteiger partial charge in [0, 0.05) is 19.2 Å². The second kappa shape index (κ2) is 8.08. The van der Waals surface area contributed by atoms with Gasteiger partial charge < -0.3 is 5.32 Å². The zero-order valence-corrected chi connectivity index (χ0v) is 15.4. The van der Waals surface area contributed by atoms with Crippen LogP contribution in [0, 0.1) is 13.8 Å². The van der Waals surface area contributed by atoms with Crippen molar-refractivity contribution in [2.24, 2.45) is 0 Å². The van der Waals surface area contributed by atoms with E-state index in [-0.39, 0.29) is 5.91 Å². The number of nitrogens with one attached hydrogen (secondary N) is 1. The number of thiophene rings is 1. The van der Waals surface area contributed by atoms with Crippen LogP contribution in [0.3, 0.4) is 0 Å². The van der Waals surface area contributed by atoms with Gasteiger partial charge in [0.25, 0.3) is 0 Å². The van der Waals surface area contributed by atoms with E-state index in [1.54, 1.807) is 17.5 Å². The SMILES string of the molecule is Cc1ccc(CCC(=O)NCc2cccnc2-c2cccs2)cc1C. The Hall–Kier alpha value is -2.46. The van der Waals surface area contributed by atoms with Crippen LogP contribution in [0.4, 0.5) is 0 Å². The highest BCUT2D eigenvalue weighted by atomic mass is 32.1. The van der Waals surface area contributed by atoms with Crippen LogP contribution in [0.15, 0.2) is 54.0 Å². The Bertz CT molecular complexity index is 856. The number of rotatable bonds is 6. The summed E-state index contributed by atoms with van der Waals surface area (Å²) in [6, 6.07) is 14.4. The second-order valence-electron chi connectivity index (χ2n) is 6.18. The molecule has 1 N–H and O–H groups in total. The minimum atomic E-state index is 0.0687. The average Bonchev–Trinajstić information content (AvgIpc) is 3.15. The van der Waals surface area contributed by atoms with Crippen LogP contribution in [0.5, 0.6) is 0 Å². The predicted octanol–water partition coefficient (Wildman–Crippen LogP) is 4.68. The lowest BCUT2D eigenvalue weighted by Crippen LogP contribution is -2.23. The summed E-state index contributed by atoms with van der Waals surface area (Å²) >= 11 is 1.66. The Morgan fingerprint density at radius 1 is 1.12 bits per heavy atom. The molecule has 0 saturated carbocycles. The van der Waals surface area contributed by atoms with Gasteiger partial charge in [0.1, 0.15) is 0 Å². The van der Waals surface area contributed by atoms with Crippen molar-refractivity contribution in [1.82, 2.24) is 10.3 Å². The van der Waals surface area contributed by atoms with Crippen LogP contribution in [0.1, 0.15) is 28.7 Å². The monoisotopic (exact) mass is 350 g/mol. The van der Waals surface area contributed by atoms with E-state index in [1.807, 2.05) is 23.6 Å². The molecule has 25 heavy (non-hydrogen) atoms. The summed E-state index contributed by atoms with van der Waals surface area (Å²) in [6.07, 6.45) is 3.05. The van der Waals surface area contributed by atoms with Crippen LogP contribution in [0.2, 0.25) is 0 Å². The van der Waals surface area contributed by atoms with Crippen molar-refractivity contribution in [2.75, 3.05) is 0 Å².